The van der Waals surface area contributed by atoms with Gasteiger partial charge in [0.1, 0.15) is 16.6 Å². The van der Waals surface area contributed by atoms with Crippen molar-refractivity contribution in [3.8, 4) is 10.6 Å². The second-order valence-corrected chi connectivity index (χ2v) is 6.46. The van der Waals surface area contributed by atoms with Gasteiger partial charge in [0, 0.05) is 28.5 Å². The van der Waals surface area contributed by atoms with Crippen molar-refractivity contribution in [3.63, 3.8) is 0 Å². The predicted molar refractivity (Wildman–Crippen MR) is 88.3 cm³/mol. The molecule has 2 N–H and O–H groups in total. The van der Waals surface area contributed by atoms with Gasteiger partial charge in [0.2, 0.25) is 0 Å². The fourth-order valence-electron chi connectivity index (χ4n) is 1.87. The highest BCUT2D eigenvalue weighted by Gasteiger charge is 2.07. The van der Waals surface area contributed by atoms with Gasteiger partial charge in [-0.25, -0.2) is 19.3 Å². The van der Waals surface area contributed by atoms with Gasteiger partial charge in [-0.15, -0.1) is 11.3 Å². The summed E-state index contributed by atoms with van der Waals surface area (Å²) in [6.07, 6.45) is 0. The van der Waals surface area contributed by atoms with Crippen molar-refractivity contribution in [2.75, 3.05) is 5.73 Å². The van der Waals surface area contributed by atoms with Gasteiger partial charge in [0.15, 0.2) is 5.16 Å². The van der Waals surface area contributed by atoms with E-state index in [1.54, 1.807) is 18.2 Å². The van der Waals surface area contributed by atoms with Gasteiger partial charge in [-0.05, 0) is 31.2 Å². The number of hydrogen-bond acceptors (Lipinski definition) is 6. The van der Waals surface area contributed by atoms with Crippen LogP contribution in [0.5, 0.6) is 0 Å². The lowest BCUT2D eigenvalue weighted by atomic mass is 10.2. The third kappa shape index (κ3) is 3.61. The van der Waals surface area contributed by atoms with Gasteiger partial charge in [-0.3, -0.25) is 0 Å². The Kier molecular flexibility index (Phi) is 4.35. The second kappa shape index (κ2) is 6.41. The van der Waals surface area contributed by atoms with E-state index in [0.717, 1.165) is 22.0 Å². The van der Waals surface area contributed by atoms with Crippen LogP contribution < -0.4 is 5.73 Å². The zero-order chi connectivity index (χ0) is 15.5. The molecule has 0 saturated heterocycles. The summed E-state index contributed by atoms with van der Waals surface area (Å²) in [4.78, 5) is 13.1. The molecular formula is C15H13FN4S2. The molecule has 0 aliphatic rings. The number of thiazole rings is 1. The van der Waals surface area contributed by atoms with E-state index < -0.39 is 0 Å². The van der Waals surface area contributed by atoms with E-state index in [1.807, 2.05) is 12.3 Å². The third-order valence-electron chi connectivity index (χ3n) is 2.85. The Balaban J connectivity index is 1.70. The Morgan fingerprint density at radius 3 is 2.68 bits per heavy atom. The molecule has 2 aromatic heterocycles. The molecule has 3 aromatic rings. The first-order valence-electron chi connectivity index (χ1n) is 6.54. The highest BCUT2D eigenvalue weighted by molar-refractivity contribution is 7.98. The molecule has 22 heavy (non-hydrogen) atoms. The van der Waals surface area contributed by atoms with Gasteiger partial charge in [-0.1, -0.05) is 11.8 Å². The second-order valence-electron chi connectivity index (χ2n) is 4.66. The summed E-state index contributed by atoms with van der Waals surface area (Å²) in [5.74, 6) is 0.895. The molecule has 0 aliphatic heterocycles. The number of hydrogen-bond donors (Lipinski definition) is 1. The Morgan fingerprint density at radius 2 is 1.95 bits per heavy atom. The van der Waals surface area contributed by atoms with Gasteiger partial charge in [0.25, 0.3) is 0 Å². The highest BCUT2D eigenvalue weighted by atomic mass is 32.2. The number of benzene rings is 1. The first-order valence-corrected chi connectivity index (χ1v) is 8.41. The van der Waals surface area contributed by atoms with Crippen LogP contribution in [-0.2, 0) is 5.75 Å². The first-order chi connectivity index (χ1) is 10.6. The van der Waals surface area contributed by atoms with E-state index >= 15 is 0 Å². The maximum Gasteiger partial charge on any atom is 0.190 e. The maximum atomic E-state index is 12.9. The number of nitrogen functional groups attached to an aromatic ring is 1. The van der Waals surface area contributed by atoms with Crippen molar-refractivity contribution in [3.05, 3.63) is 52.9 Å². The minimum atomic E-state index is -0.245. The average molecular weight is 332 g/mol. The molecule has 2 heterocycles. The van der Waals surface area contributed by atoms with Crippen LogP contribution in [0.1, 0.15) is 11.4 Å². The van der Waals surface area contributed by atoms with Gasteiger partial charge < -0.3 is 5.73 Å². The minimum absolute atomic E-state index is 0.245. The lowest BCUT2D eigenvalue weighted by molar-refractivity contribution is 0.628. The van der Waals surface area contributed by atoms with Crippen LogP contribution in [0.4, 0.5) is 10.2 Å². The zero-order valence-electron chi connectivity index (χ0n) is 11.8. The molecule has 0 bridgehead atoms. The lowest BCUT2D eigenvalue weighted by Crippen LogP contribution is -1.96. The van der Waals surface area contributed by atoms with Gasteiger partial charge in [-0.2, -0.15) is 0 Å². The minimum Gasteiger partial charge on any atom is -0.384 e. The monoisotopic (exact) mass is 332 g/mol. The molecule has 0 aliphatic carbocycles. The maximum absolute atomic E-state index is 12.9. The van der Waals surface area contributed by atoms with Crippen LogP contribution in [-0.4, -0.2) is 15.0 Å². The summed E-state index contributed by atoms with van der Waals surface area (Å²) < 4.78 is 12.9. The Labute approximate surface area is 135 Å². The lowest BCUT2D eigenvalue weighted by Gasteiger charge is -2.01. The Hall–Kier alpha value is -1.99. The number of thioether (sulfide) groups is 1. The van der Waals surface area contributed by atoms with Crippen molar-refractivity contribution in [2.24, 2.45) is 0 Å². The zero-order valence-corrected chi connectivity index (χ0v) is 13.4. The normalized spacial score (nSPS) is 10.8. The summed E-state index contributed by atoms with van der Waals surface area (Å²) in [5, 5.41) is 3.51. The number of nitrogens with two attached hydrogens (primary N) is 1. The Morgan fingerprint density at radius 1 is 1.18 bits per heavy atom. The Bertz CT molecular complexity index is 766. The molecule has 112 valence electrons. The van der Waals surface area contributed by atoms with E-state index in [9.17, 15) is 4.39 Å². The van der Waals surface area contributed by atoms with Crippen molar-refractivity contribution < 1.29 is 4.39 Å². The highest BCUT2D eigenvalue weighted by Crippen LogP contribution is 2.27. The average Bonchev–Trinajstić information content (AvgIpc) is 2.94. The summed E-state index contributed by atoms with van der Waals surface area (Å²) >= 11 is 3.03. The number of aryl methyl sites for hydroxylation is 1. The molecule has 0 amide bonds. The van der Waals surface area contributed by atoms with E-state index in [1.165, 1.54) is 35.2 Å². The molecule has 3 rings (SSSR count). The number of nitrogens with zero attached hydrogens (tertiary/aromatic N) is 3. The molecule has 0 unspecified atom stereocenters. The summed E-state index contributed by atoms with van der Waals surface area (Å²) in [6, 6.07) is 8.08. The van der Waals surface area contributed by atoms with Crippen LogP contribution in [0.25, 0.3) is 10.6 Å². The fraction of sp³-hybridized carbons (Fsp3) is 0.133. The molecular weight excluding hydrogens is 319 g/mol. The number of halogens is 1. The smallest absolute Gasteiger partial charge is 0.190 e. The number of anilines is 1. The SMILES string of the molecule is Cc1cc(N)nc(SCc2csc(-c3ccc(F)cc3)n2)n1. The standard InChI is InChI=1S/C15H13FN4S2/c1-9-6-13(17)20-15(18-9)22-8-12-7-21-14(19-12)10-2-4-11(16)5-3-10/h2-7H,8H2,1H3,(H2,17,18,20). The summed E-state index contributed by atoms with van der Waals surface area (Å²) in [5.41, 5.74) is 8.42. The largest absolute Gasteiger partial charge is 0.384 e. The van der Waals surface area contributed by atoms with E-state index in [0.29, 0.717) is 16.7 Å². The molecule has 1 aromatic carbocycles. The molecule has 0 atom stereocenters. The van der Waals surface area contributed by atoms with Crippen LogP contribution in [0.15, 0.2) is 40.9 Å². The van der Waals surface area contributed by atoms with E-state index in [4.69, 9.17) is 5.73 Å². The van der Waals surface area contributed by atoms with Gasteiger partial charge in [0.05, 0.1) is 5.69 Å². The molecule has 4 nitrogen and oxygen atoms in total. The van der Waals surface area contributed by atoms with Crippen molar-refractivity contribution in [2.45, 2.75) is 17.8 Å². The first kappa shape index (κ1) is 14.9. The molecule has 0 spiro atoms. The third-order valence-corrected chi connectivity index (χ3v) is 4.67. The number of rotatable bonds is 4. The fourth-order valence-corrected chi connectivity index (χ4v) is 3.60. The van der Waals surface area contributed by atoms with Gasteiger partial charge >= 0.3 is 0 Å². The van der Waals surface area contributed by atoms with Crippen LogP contribution >= 0.6 is 23.1 Å². The van der Waals surface area contributed by atoms with E-state index in [2.05, 4.69) is 15.0 Å². The predicted octanol–water partition coefficient (Wildman–Crippen LogP) is 3.92. The summed E-state index contributed by atoms with van der Waals surface area (Å²) in [7, 11) is 0. The molecule has 0 radical (unpaired) electrons. The molecule has 7 heteroatoms. The van der Waals surface area contributed by atoms with Crippen molar-refractivity contribution >= 4 is 28.9 Å². The van der Waals surface area contributed by atoms with Crippen LogP contribution in [0, 0.1) is 12.7 Å². The topological polar surface area (TPSA) is 64.7 Å². The quantitative estimate of drug-likeness (QED) is 0.579. The summed E-state index contributed by atoms with van der Waals surface area (Å²) in [6.45, 7) is 1.89. The number of aromatic nitrogens is 3. The van der Waals surface area contributed by atoms with Crippen molar-refractivity contribution in [1.82, 2.24) is 15.0 Å². The molecule has 0 fully saturated rings. The molecule has 0 saturated carbocycles. The van der Waals surface area contributed by atoms with Crippen LogP contribution in [0.3, 0.4) is 0 Å². The van der Waals surface area contributed by atoms with E-state index in [-0.39, 0.29) is 5.82 Å². The van der Waals surface area contributed by atoms with Crippen molar-refractivity contribution in [1.29, 1.82) is 0 Å². The van der Waals surface area contributed by atoms with Crippen LogP contribution in [0.2, 0.25) is 0 Å².